The Bertz CT molecular complexity index is 1260. The molecule has 196 valence electrons. The van der Waals surface area contributed by atoms with Crippen molar-refractivity contribution < 1.29 is 9.53 Å². The molecule has 4 heteroatoms. The van der Waals surface area contributed by atoms with Gasteiger partial charge in [0.05, 0.1) is 7.11 Å². The Labute approximate surface area is 226 Å². The van der Waals surface area contributed by atoms with Gasteiger partial charge in [0, 0.05) is 37.3 Å². The molecule has 0 saturated carbocycles. The van der Waals surface area contributed by atoms with Crippen LogP contribution in [0.25, 0.3) is 5.57 Å². The van der Waals surface area contributed by atoms with E-state index in [0.717, 1.165) is 63.1 Å². The topological polar surface area (TPSA) is 32.8 Å². The number of rotatable bonds is 7. The summed E-state index contributed by atoms with van der Waals surface area (Å²) in [5.74, 6) is 1.09. The lowest BCUT2D eigenvalue weighted by molar-refractivity contribution is 0.0793. The Balaban J connectivity index is 1.23. The fourth-order valence-electron chi connectivity index (χ4n) is 6.79. The fraction of sp³-hybridized carbons (Fsp3) is 0.382. The highest BCUT2D eigenvalue weighted by Gasteiger charge is 2.39. The average molecular weight is 507 g/mol. The molecule has 3 aromatic carbocycles. The molecule has 38 heavy (non-hydrogen) atoms. The number of benzene rings is 3. The highest BCUT2D eigenvalue weighted by molar-refractivity contribution is 5.95. The van der Waals surface area contributed by atoms with Crippen molar-refractivity contribution in [1.29, 1.82) is 0 Å². The monoisotopic (exact) mass is 506 g/mol. The zero-order valence-electron chi connectivity index (χ0n) is 22.4. The molecular formula is C34H38N2O2. The minimum atomic E-state index is 0.172. The molecule has 2 unspecified atom stereocenters. The molecule has 0 aromatic heterocycles. The average Bonchev–Trinajstić information content (AvgIpc) is 3.59. The Hall–Kier alpha value is -3.37. The van der Waals surface area contributed by atoms with Gasteiger partial charge in [-0.1, -0.05) is 60.2 Å². The summed E-state index contributed by atoms with van der Waals surface area (Å²) in [6.07, 6.45) is 8.12. The molecule has 3 aromatic rings. The lowest BCUT2D eigenvalue weighted by atomic mass is 9.85. The molecule has 0 N–H and O–H groups in total. The van der Waals surface area contributed by atoms with Gasteiger partial charge in [0.2, 0.25) is 0 Å². The van der Waals surface area contributed by atoms with Crippen molar-refractivity contribution in [2.75, 3.05) is 26.7 Å². The van der Waals surface area contributed by atoms with Crippen LogP contribution in [-0.4, -0.2) is 54.5 Å². The Kier molecular flexibility index (Phi) is 7.33. The summed E-state index contributed by atoms with van der Waals surface area (Å²) in [4.78, 5) is 17.7. The molecule has 3 aliphatic heterocycles. The van der Waals surface area contributed by atoms with Crippen LogP contribution in [0.1, 0.15) is 65.6 Å². The lowest BCUT2D eigenvalue weighted by Gasteiger charge is -2.37. The molecule has 0 aliphatic carbocycles. The van der Waals surface area contributed by atoms with Gasteiger partial charge in [0.1, 0.15) is 5.75 Å². The van der Waals surface area contributed by atoms with Gasteiger partial charge in [0.25, 0.3) is 5.91 Å². The van der Waals surface area contributed by atoms with Crippen LogP contribution in [0.4, 0.5) is 0 Å². The second-order valence-corrected chi connectivity index (χ2v) is 11.1. The van der Waals surface area contributed by atoms with Gasteiger partial charge in [-0.15, -0.1) is 0 Å². The first-order valence-electron chi connectivity index (χ1n) is 14.3. The van der Waals surface area contributed by atoms with Gasteiger partial charge in [-0.3, -0.25) is 9.69 Å². The first-order valence-corrected chi connectivity index (χ1v) is 14.3. The maximum absolute atomic E-state index is 12.9. The quantitative estimate of drug-likeness (QED) is 0.362. The Morgan fingerprint density at radius 2 is 1.39 bits per heavy atom. The zero-order chi connectivity index (χ0) is 25.9. The van der Waals surface area contributed by atoms with E-state index >= 15 is 0 Å². The summed E-state index contributed by atoms with van der Waals surface area (Å²) in [7, 11) is 1.72. The van der Waals surface area contributed by atoms with Crippen LogP contribution in [0.2, 0.25) is 0 Å². The number of amides is 1. The van der Waals surface area contributed by atoms with E-state index in [1.165, 1.54) is 35.1 Å². The maximum atomic E-state index is 12.9. The largest absolute Gasteiger partial charge is 0.497 e. The molecule has 3 fully saturated rings. The van der Waals surface area contributed by atoms with Crippen molar-refractivity contribution >= 4 is 11.5 Å². The lowest BCUT2D eigenvalue weighted by Crippen LogP contribution is -2.41. The fourth-order valence-corrected chi connectivity index (χ4v) is 6.79. The Morgan fingerprint density at radius 1 is 0.789 bits per heavy atom. The number of fused-ring (bicyclic) bond motifs is 2. The van der Waals surface area contributed by atoms with Crippen LogP contribution in [-0.2, 0) is 6.42 Å². The summed E-state index contributed by atoms with van der Waals surface area (Å²) < 4.78 is 5.32. The number of carbonyl (C=O) groups is 1. The number of ether oxygens (including phenoxy) is 1. The van der Waals surface area contributed by atoms with E-state index in [0.29, 0.717) is 12.1 Å². The number of methoxy groups -OCH3 is 1. The minimum Gasteiger partial charge on any atom is -0.497 e. The maximum Gasteiger partial charge on any atom is 0.253 e. The Morgan fingerprint density at radius 3 is 2.03 bits per heavy atom. The molecule has 3 heterocycles. The first-order chi connectivity index (χ1) is 18.7. The van der Waals surface area contributed by atoms with E-state index in [1.807, 2.05) is 17.0 Å². The SMILES string of the molecule is COc1ccc(CCN2C3CCC2CC(=C(c2ccccc2)c2ccc(C(=O)N4CCCC4)cc2)C3)cc1. The smallest absolute Gasteiger partial charge is 0.253 e. The molecule has 6 rings (SSSR count). The zero-order valence-corrected chi connectivity index (χ0v) is 22.4. The molecule has 3 saturated heterocycles. The van der Waals surface area contributed by atoms with Crippen LogP contribution in [0.3, 0.4) is 0 Å². The van der Waals surface area contributed by atoms with Crippen molar-refractivity contribution in [3.8, 4) is 5.75 Å². The van der Waals surface area contributed by atoms with Gasteiger partial charge in [-0.05, 0) is 91.5 Å². The van der Waals surface area contributed by atoms with E-state index in [9.17, 15) is 4.79 Å². The highest BCUT2D eigenvalue weighted by atomic mass is 16.5. The molecule has 3 aliphatic rings. The normalized spacial score (nSPS) is 21.1. The van der Waals surface area contributed by atoms with E-state index < -0.39 is 0 Å². The number of piperidine rings is 1. The predicted octanol–water partition coefficient (Wildman–Crippen LogP) is 6.60. The second kappa shape index (κ2) is 11.2. The van der Waals surface area contributed by atoms with Gasteiger partial charge in [-0.25, -0.2) is 0 Å². The third-order valence-electron chi connectivity index (χ3n) is 8.78. The molecule has 1 amide bonds. The predicted molar refractivity (Wildman–Crippen MR) is 153 cm³/mol. The number of likely N-dealkylation sites (tertiary alicyclic amines) is 1. The van der Waals surface area contributed by atoms with Crippen LogP contribution in [0, 0.1) is 0 Å². The van der Waals surface area contributed by atoms with Gasteiger partial charge >= 0.3 is 0 Å². The van der Waals surface area contributed by atoms with Gasteiger partial charge < -0.3 is 9.64 Å². The molecular weight excluding hydrogens is 468 g/mol. The van der Waals surface area contributed by atoms with E-state index in [4.69, 9.17) is 4.74 Å². The van der Waals surface area contributed by atoms with Crippen molar-refractivity contribution in [1.82, 2.24) is 9.80 Å². The van der Waals surface area contributed by atoms with Crippen molar-refractivity contribution in [3.63, 3.8) is 0 Å². The second-order valence-electron chi connectivity index (χ2n) is 11.1. The third kappa shape index (κ3) is 5.15. The highest BCUT2D eigenvalue weighted by Crippen LogP contribution is 2.43. The minimum absolute atomic E-state index is 0.172. The molecule has 0 radical (unpaired) electrons. The van der Waals surface area contributed by atoms with Crippen LogP contribution in [0.5, 0.6) is 5.75 Å². The van der Waals surface area contributed by atoms with Crippen molar-refractivity contribution in [2.24, 2.45) is 0 Å². The van der Waals surface area contributed by atoms with Crippen molar-refractivity contribution in [3.05, 3.63) is 107 Å². The summed E-state index contributed by atoms with van der Waals surface area (Å²) in [6, 6.07) is 29.0. The third-order valence-corrected chi connectivity index (χ3v) is 8.78. The summed E-state index contributed by atoms with van der Waals surface area (Å²) in [5.41, 5.74) is 7.64. The van der Waals surface area contributed by atoms with E-state index in [-0.39, 0.29) is 5.91 Å². The number of hydrogen-bond donors (Lipinski definition) is 0. The number of carbonyl (C=O) groups excluding carboxylic acids is 1. The molecule has 2 atom stereocenters. The molecule has 0 spiro atoms. The van der Waals surface area contributed by atoms with Crippen LogP contribution < -0.4 is 4.74 Å². The molecule has 2 bridgehead atoms. The standard InChI is InChI=1S/C34H38N2O2/c1-38-32-17-9-25(10-18-32)19-22-36-30-15-16-31(36)24-29(23-30)33(26-7-3-2-4-8-26)27-11-13-28(14-12-27)34(37)35-20-5-6-21-35/h2-4,7-14,17-18,30-31H,5-6,15-16,19-24H2,1H3. The molecule has 4 nitrogen and oxygen atoms in total. The summed E-state index contributed by atoms with van der Waals surface area (Å²) >= 11 is 0. The van der Waals surface area contributed by atoms with Gasteiger partial charge in [0.15, 0.2) is 0 Å². The number of hydrogen-bond acceptors (Lipinski definition) is 3. The van der Waals surface area contributed by atoms with Crippen LogP contribution >= 0.6 is 0 Å². The first kappa shape index (κ1) is 24.9. The summed E-state index contributed by atoms with van der Waals surface area (Å²) in [6.45, 7) is 2.89. The number of nitrogens with zero attached hydrogens (tertiary/aromatic N) is 2. The van der Waals surface area contributed by atoms with E-state index in [1.54, 1.807) is 12.7 Å². The summed E-state index contributed by atoms with van der Waals surface area (Å²) in [5, 5.41) is 0. The van der Waals surface area contributed by atoms with Gasteiger partial charge in [-0.2, -0.15) is 0 Å². The van der Waals surface area contributed by atoms with Crippen molar-refractivity contribution in [2.45, 2.75) is 57.0 Å². The van der Waals surface area contributed by atoms with Crippen LogP contribution in [0.15, 0.2) is 84.4 Å². The van der Waals surface area contributed by atoms with E-state index in [2.05, 4.69) is 71.6 Å².